The molecular formula is C32H48O6. The quantitative estimate of drug-likeness (QED) is 0.0502. The van der Waals surface area contributed by atoms with Gasteiger partial charge in [0.25, 0.3) is 0 Å². The van der Waals surface area contributed by atoms with E-state index in [1.54, 1.807) is 31.2 Å². The number of Topliss-reactive ketones (excluding diaryl/α,β-unsaturated/α-hetero) is 1. The molecule has 0 heterocycles. The number of benzene rings is 1. The lowest BCUT2D eigenvalue weighted by Crippen LogP contribution is -2.19. The molecule has 0 fully saturated rings. The van der Waals surface area contributed by atoms with Crippen LogP contribution in [0.3, 0.4) is 0 Å². The molecule has 0 amide bonds. The molecule has 212 valence electrons. The number of ether oxygens (including phenoxy) is 3. The molecule has 0 aromatic heterocycles. The Morgan fingerprint density at radius 3 is 1.66 bits per heavy atom. The minimum atomic E-state index is -0.662. The highest BCUT2D eigenvalue weighted by molar-refractivity contribution is 6.17. The number of carbonyl (C=O) groups is 3. The summed E-state index contributed by atoms with van der Waals surface area (Å²) < 4.78 is 16.5. The molecule has 0 spiro atoms. The van der Waals surface area contributed by atoms with Crippen molar-refractivity contribution in [3.63, 3.8) is 0 Å². The third kappa shape index (κ3) is 15.4. The van der Waals surface area contributed by atoms with Crippen LogP contribution in [-0.4, -0.2) is 37.5 Å². The summed E-state index contributed by atoms with van der Waals surface area (Å²) in [5.41, 5.74) is 1.05. The van der Waals surface area contributed by atoms with Crippen LogP contribution in [0.25, 0.3) is 6.08 Å². The van der Waals surface area contributed by atoms with E-state index in [9.17, 15) is 14.4 Å². The number of ketones is 1. The van der Waals surface area contributed by atoms with Crippen LogP contribution in [0, 0.1) is 0 Å². The van der Waals surface area contributed by atoms with Crippen LogP contribution in [0.5, 0.6) is 5.75 Å². The highest BCUT2D eigenvalue weighted by atomic mass is 16.6. The maximum atomic E-state index is 12.8. The lowest BCUT2D eigenvalue weighted by atomic mass is 10.1. The van der Waals surface area contributed by atoms with Crippen molar-refractivity contribution >= 4 is 23.8 Å². The van der Waals surface area contributed by atoms with Gasteiger partial charge < -0.3 is 14.2 Å². The monoisotopic (exact) mass is 528 g/mol. The Kier molecular flexibility index (Phi) is 18.4. The van der Waals surface area contributed by atoms with Crippen molar-refractivity contribution < 1.29 is 28.6 Å². The van der Waals surface area contributed by atoms with Gasteiger partial charge in [-0.2, -0.15) is 0 Å². The van der Waals surface area contributed by atoms with E-state index in [-0.39, 0.29) is 37.6 Å². The number of rotatable bonds is 22. The maximum absolute atomic E-state index is 12.8. The SMILES string of the molecule is C=C(C)C(=O)CCOc1ccc(C=C(C(=O)OCCCCCCCC)C(=O)OCCCCCCCC)cc1. The Hall–Kier alpha value is -2.89. The van der Waals surface area contributed by atoms with E-state index < -0.39 is 11.9 Å². The van der Waals surface area contributed by atoms with Crippen LogP contribution in [-0.2, 0) is 23.9 Å². The van der Waals surface area contributed by atoms with Gasteiger partial charge >= 0.3 is 11.9 Å². The molecule has 1 rings (SSSR count). The molecule has 0 aliphatic carbocycles. The lowest BCUT2D eigenvalue weighted by molar-refractivity contribution is -0.147. The molecule has 1 aromatic rings. The Labute approximate surface area is 229 Å². The van der Waals surface area contributed by atoms with E-state index >= 15 is 0 Å². The first kappa shape index (κ1) is 33.1. The summed E-state index contributed by atoms with van der Waals surface area (Å²) in [6, 6.07) is 6.96. The number of unbranched alkanes of at least 4 members (excludes halogenated alkanes) is 10. The summed E-state index contributed by atoms with van der Waals surface area (Å²) in [4.78, 5) is 37.3. The molecule has 6 heteroatoms. The van der Waals surface area contributed by atoms with Crippen molar-refractivity contribution in [1.82, 2.24) is 0 Å². The predicted octanol–water partition coefficient (Wildman–Crippen LogP) is 7.79. The number of esters is 2. The van der Waals surface area contributed by atoms with Gasteiger partial charge in [-0.1, -0.05) is 96.8 Å². The molecule has 38 heavy (non-hydrogen) atoms. The summed E-state index contributed by atoms with van der Waals surface area (Å²) in [5.74, 6) is -0.766. The predicted molar refractivity (Wildman–Crippen MR) is 153 cm³/mol. The van der Waals surface area contributed by atoms with Gasteiger partial charge in [0, 0.05) is 6.42 Å². The van der Waals surface area contributed by atoms with Crippen molar-refractivity contribution in [2.24, 2.45) is 0 Å². The normalized spacial score (nSPS) is 10.5. The second kappa shape index (κ2) is 21.1. The molecule has 0 atom stereocenters. The van der Waals surface area contributed by atoms with E-state index in [1.807, 2.05) is 0 Å². The Balaban J connectivity index is 2.72. The van der Waals surface area contributed by atoms with Crippen LogP contribution in [0.4, 0.5) is 0 Å². The molecule has 6 nitrogen and oxygen atoms in total. The van der Waals surface area contributed by atoms with E-state index in [4.69, 9.17) is 14.2 Å². The molecule has 0 unspecified atom stereocenters. The van der Waals surface area contributed by atoms with Crippen LogP contribution >= 0.6 is 0 Å². The third-order valence-electron chi connectivity index (χ3n) is 6.17. The van der Waals surface area contributed by atoms with E-state index in [2.05, 4.69) is 20.4 Å². The number of carbonyl (C=O) groups excluding carboxylic acids is 3. The zero-order valence-corrected chi connectivity index (χ0v) is 23.9. The number of hydrogen-bond acceptors (Lipinski definition) is 6. The van der Waals surface area contributed by atoms with E-state index in [0.717, 1.165) is 38.5 Å². The second-order valence-corrected chi connectivity index (χ2v) is 9.74. The molecular weight excluding hydrogens is 480 g/mol. The van der Waals surface area contributed by atoms with Crippen molar-refractivity contribution in [2.45, 2.75) is 104 Å². The van der Waals surface area contributed by atoms with Crippen LogP contribution in [0.1, 0.15) is 110 Å². The molecule has 0 saturated heterocycles. The fourth-order valence-corrected chi connectivity index (χ4v) is 3.75. The molecule has 0 saturated carbocycles. The smallest absolute Gasteiger partial charge is 0.345 e. The van der Waals surface area contributed by atoms with Crippen molar-refractivity contribution in [2.75, 3.05) is 19.8 Å². The number of allylic oxidation sites excluding steroid dienone is 1. The van der Waals surface area contributed by atoms with Crippen LogP contribution < -0.4 is 4.74 Å². The fraction of sp³-hybridized carbons (Fsp3) is 0.594. The average molecular weight is 529 g/mol. The fourth-order valence-electron chi connectivity index (χ4n) is 3.75. The summed E-state index contributed by atoms with van der Waals surface area (Å²) >= 11 is 0. The zero-order chi connectivity index (χ0) is 28.0. The van der Waals surface area contributed by atoms with Gasteiger partial charge in [-0.25, -0.2) is 9.59 Å². The van der Waals surface area contributed by atoms with Crippen molar-refractivity contribution in [1.29, 1.82) is 0 Å². The Bertz CT molecular complexity index is 836. The van der Waals surface area contributed by atoms with Gasteiger partial charge in [-0.3, -0.25) is 4.79 Å². The topological polar surface area (TPSA) is 78.9 Å². The molecule has 0 aliphatic rings. The Morgan fingerprint density at radius 1 is 0.711 bits per heavy atom. The maximum Gasteiger partial charge on any atom is 0.345 e. The van der Waals surface area contributed by atoms with Crippen molar-refractivity contribution in [3.05, 3.63) is 47.6 Å². The van der Waals surface area contributed by atoms with Crippen molar-refractivity contribution in [3.8, 4) is 5.75 Å². The largest absolute Gasteiger partial charge is 0.493 e. The molecule has 0 aliphatic heterocycles. The van der Waals surface area contributed by atoms with Gasteiger partial charge in [0.1, 0.15) is 11.3 Å². The summed E-state index contributed by atoms with van der Waals surface area (Å²) in [6.07, 6.45) is 14.7. The summed E-state index contributed by atoms with van der Waals surface area (Å²) in [7, 11) is 0. The van der Waals surface area contributed by atoms with Crippen LogP contribution in [0.15, 0.2) is 42.0 Å². The first-order chi connectivity index (χ1) is 18.4. The average Bonchev–Trinajstić information content (AvgIpc) is 2.91. The van der Waals surface area contributed by atoms with Gasteiger partial charge in [-0.05, 0) is 49.1 Å². The van der Waals surface area contributed by atoms with E-state index in [1.165, 1.54) is 44.6 Å². The third-order valence-corrected chi connectivity index (χ3v) is 6.17. The number of hydrogen-bond donors (Lipinski definition) is 0. The van der Waals surface area contributed by atoms with Crippen LogP contribution in [0.2, 0.25) is 0 Å². The second-order valence-electron chi connectivity index (χ2n) is 9.74. The summed E-state index contributed by atoms with van der Waals surface area (Å²) in [6.45, 7) is 10.5. The van der Waals surface area contributed by atoms with Gasteiger partial charge in [0.15, 0.2) is 5.78 Å². The molecule has 0 radical (unpaired) electrons. The lowest BCUT2D eigenvalue weighted by Gasteiger charge is -2.10. The van der Waals surface area contributed by atoms with Gasteiger partial charge in [0.05, 0.1) is 19.8 Å². The molecule has 0 bridgehead atoms. The molecule has 1 aromatic carbocycles. The standard InChI is InChI=1S/C32H48O6/c1-5-7-9-11-13-15-22-37-31(34)29(32(35)38-23-16-14-12-10-8-6-2)25-27-17-19-28(20-18-27)36-24-21-30(33)26(3)4/h17-20,25H,3,5-16,21-24H2,1-2,4H3. The first-order valence-corrected chi connectivity index (χ1v) is 14.4. The molecule has 0 N–H and O–H groups in total. The van der Waals surface area contributed by atoms with E-state index in [0.29, 0.717) is 16.9 Å². The minimum Gasteiger partial charge on any atom is -0.493 e. The first-order valence-electron chi connectivity index (χ1n) is 14.4. The minimum absolute atomic E-state index is 0.0341. The van der Waals surface area contributed by atoms with Gasteiger partial charge in [0.2, 0.25) is 0 Å². The highest BCUT2D eigenvalue weighted by Gasteiger charge is 2.21. The highest BCUT2D eigenvalue weighted by Crippen LogP contribution is 2.17. The summed E-state index contributed by atoms with van der Waals surface area (Å²) in [5, 5.41) is 0. The zero-order valence-electron chi connectivity index (χ0n) is 23.9. The Morgan fingerprint density at radius 2 is 1.18 bits per heavy atom. The van der Waals surface area contributed by atoms with Gasteiger partial charge in [-0.15, -0.1) is 0 Å².